The largest absolute Gasteiger partial charge is 0.488 e. The van der Waals surface area contributed by atoms with Gasteiger partial charge in [-0.05, 0) is 42.1 Å². The standard InChI is InChI=1S/C16H17NO4S/c1-2-14(16(19)20)17-15(18)11-5-7-12(8-6-11)21-10-13-4-3-9-22-13/h3-9,14H,2,10H2,1H3,(H,17,18)(H,19,20)/t14-/m1/s1. The maximum atomic E-state index is 12.0. The molecule has 2 aromatic rings. The quantitative estimate of drug-likeness (QED) is 0.823. The minimum atomic E-state index is -1.04. The summed E-state index contributed by atoms with van der Waals surface area (Å²) in [7, 11) is 0. The Kier molecular flexibility index (Phi) is 5.55. The molecular weight excluding hydrogens is 302 g/mol. The second-order valence-electron chi connectivity index (χ2n) is 4.66. The van der Waals surface area contributed by atoms with E-state index < -0.39 is 17.9 Å². The van der Waals surface area contributed by atoms with Crippen LogP contribution in [0.15, 0.2) is 41.8 Å². The zero-order chi connectivity index (χ0) is 15.9. The van der Waals surface area contributed by atoms with Crippen LogP contribution >= 0.6 is 11.3 Å². The molecule has 0 bridgehead atoms. The molecule has 1 aromatic heterocycles. The molecule has 0 aliphatic heterocycles. The highest BCUT2D eigenvalue weighted by atomic mass is 32.1. The SMILES string of the molecule is CC[C@@H](NC(=O)c1ccc(OCc2cccs2)cc1)C(=O)O. The van der Waals surface area contributed by atoms with Crippen LogP contribution in [0, 0.1) is 0 Å². The van der Waals surface area contributed by atoms with Gasteiger partial charge in [0.25, 0.3) is 5.91 Å². The number of thiophene rings is 1. The van der Waals surface area contributed by atoms with Crippen LogP contribution in [-0.4, -0.2) is 23.0 Å². The van der Waals surface area contributed by atoms with Crippen molar-refractivity contribution in [3.05, 3.63) is 52.2 Å². The second-order valence-corrected chi connectivity index (χ2v) is 5.70. The summed E-state index contributed by atoms with van der Waals surface area (Å²) in [5, 5.41) is 13.4. The summed E-state index contributed by atoms with van der Waals surface area (Å²) < 4.78 is 5.61. The van der Waals surface area contributed by atoms with Crippen molar-refractivity contribution in [3.8, 4) is 5.75 Å². The second kappa shape index (κ2) is 7.61. The number of benzene rings is 1. The van der Waals surface area contributed by atoms with Crippen molar-refractivity contribution >= 4 is 23.2 Å². The summed E-state index contributed by atoms with van der Waals surface area (Å²) in [6, 6.07) is 9.71. The summed E-state index contributed by atoms with van der Waals surface area (Å²) in [5.41, 5.74) is 0.406. The van der Waals surface area contributed by atoms with Crippen LogP contribution < -0.4 is 10.1 Å². The van der Waals surface area contributed by atoms with Crippen molar-refractivity contribution in [3.63, 3.8) is 0 Å². The number of nitrogens with one attached hydrogen (secondary N) is 1. The number of carbonyl (C=O) groups is 2. The maximum absolute atomic E-state index is 12.0. The predicted molar refractivity (Wildman–Crippen MR) is 84.3 cm³/mol. The van der Waals surface area contributed by atoms with E-state index in [9.17, 15) is 9.59 Å². The molecule has 0 saturated carbocycles. The average molecular weight is 319 g/mol. The van der Waals surface area contributed by atoms with Gasteiger partial charge in [-0.2, -0.15) is 0 Å². The monoisotopic (exact) mass is 319 g/mol. The fourth-order valence-corrected chi connectivity index (χ4v) is 2.45. The van der Waals surface area contributed by atoms with E-state index in [-0.39, 0.29) is 0 Å². The Bertz CT molecular complexity index is 622. The number of carbonyl (C=O) groups excluding carboxylic acids is 1. The van der Waals surface area contributed by atoms with Gasteiger partial charge in [0.2, 0.25) is 0 Å². The third kappa shape index (κ3) is 4.33. The molecule has 1 heterocycles. The van der Waals surface area contributed by atoms with Gasteiger partial charge in [0.05, 0.1) is 0 Å². The third-order valence-corrected chi connectivity index (χ3v) is 3.94. The molecule has 2 rings (SSSR count). The number of amides is 1. The van der Waals surface area contributed by atoms with Gasteiger partial charge < -0.3 is 15.2 Å². The molecule has 1 amide bonds. The maximum Gasteiger partial charge on any atom is 0.326 e. The lowest BCUT2D eigenvalue weighted by atomic mass is 10.1. The summed E-state index contributed by atoms with van der Waals surface area (Å²) in [4.78, 5) is 24.0. The van der Waals surface area contributed by atoms with Crippen molar-refractivity contribution in [1.29, 1.82) is 0 Å². The number of carboxylic acid groups (broad SMARTS) is 1. The number of hydrogen-bond donors (Lipinski definition) is 2. The van der Waals surface area contributed by atoms with Crippen molar-refractivity contribution in [2.24, 2.45) is 0 Å². The van der Waals surface area contributed by atoms with E-state index in [0.29, 0.717) is 24.3 Å². The number of ether oxygens (including phenoxy) is 1. The Morgan fingerprint density at radius 1 is 1.27 bits per heavy atom. The van der Waals surface area contributed by atoms with E-state index in [0.717, 1.165) is 4.88 Å². The Morgan fingerprint density at radius 2 is 2.00 bits per heavy atom. The lowest BCUT2D eigenvalue weighted by Crippen LogP contribution is -2.40. The topological polar surface area (TPSA) is 75.6 Å². The van der Waals surface area contributed by atoms with Crippen molar-refractivity contribution in [2.45, 2.75) is 26.0 Å². The summed E-state index contributed by atoms with van der Waals surface area (Å²) in [6.45, 7) is 2.20. The Balaban J connectivity index is 1.93. The Morgan fingerprint density at radius 3 is 2.55 bits per heavy atom. The van der Waals surface area contributed by atoms with Crippen molar-refractivity contribution < 1.29 is 19.4 Å². The normalized spacial score (nSPS) is 11.7. The van der Waals surface area contributed by atoms with E-state index in [4.69, 9.17) is 9.84 Å². The lowest BCUT2D eigenvalue weighted by molar-refractivity contribution is -0.139. The van der Waals surface area contributed by atoms with E-state index >= 15 is 0 Å². The Hall–Kier alpha value is -2.34. The molecule has 0 aliphatic carbocycles. The number of hydrogen-bond acceptors (Lipinski definition) is 4. The zero-order valence-corrected chi connectivity index (χ0v) is 12.9. The van der Waals surface area contributed by atoms with Crippen LogP contribution in [0.3, 0.4) is 0 Å². The van der Waals surface area contributed by atoms with Gasteiger partial charge in [0, 0.05) is 10.4 Å². The van der Waals surface area contributed by atoms with Gasteiger partial charge in [-0.3, -0.25) is 4.79 Å². The highest BCUT2D eigenvalue weighted by Crippen LogP contribution is 2.16. The third-order valence-electron chi connectivity index (χ3n) is 3.09. The number of rotatable bonds is 7. The molecule has 0 saturated heterocycles. The van der Waals surface area contributed by atoms with Crippen LogP contribution in [0.2, 0.25) is 0 Å². The van der Waals surface area contributed by atoms with Crippen LogP contribution in [0.1, 0.15) is 28.6 Å². The van der Waals surface area contributed by atoms with Crippen LogP contribution in [0.4, 0.5) is 0 Å². The van der Waals surface area contributed by atoms with Gasteiger partial charge in [-0.25, -0.2) is 4.79 Å². The number of aliphatic carboxylic acids is 1. The van der Waals surface area contributed by atoms with E-state index in [1.807, 2.05) is 17.5 Å². The molecule has 5 nitrogen and oxygen atoms in total. The Labute approximate surface area is 132 Å². The fourth-order valence-electron chi connectivity index (χ4n) is 1.83. The first-order valence-electron chi connectivity index (χ1n) is 6.89. The molecule has 0 radical (unpaired) electrons. The molecule has 0 spiro atoms. The van der Waals surface area contributed by atoms with Crippen LogP contribution in [-0.2, 0) is 11.4 Å². The van der Waals surface area contributed by atoms with Gasteiger partial charge in [0.15, 0.2) is 0 Å². The van der Waals surface area contributed by atoms with Crippen LogP contribution in [0.5, 0.6) is 5.75 Å². The highest BCUT2D eigenvalue weighted by Gasteiger charge is 2.18. The van der Waals surface area contributed by atoms with Gasteiger partial charge >= 0.3 is 5.97 Å². The molecule has 1 atom stereocenters. The minimum Gasteiger partial charge on any atom is -0.488 e. The average Bonchev–Trinajstić information content (AvgIpc) is 3.04. The summed E-state index contributed by atoms with van der Waals surface area (Å²) in [6.07, 6.45) is 0.336. The van der Waals surface area contributed by atoms with Crippen LogP contribution in [0.25, 0.3) is 0 Å². The van der Waals surface area contributed by atoms with Gasteiger partial charge in [0.1, 0.15) is 18.4 Å². The first-order valence-corrected chi connectivity index (χ1v) is 7.77. The van der Waals surface area contributed by atoms with Gasteiger partial charge in [-0.1, -0.05) is 13.0 Å². The molecule has 116 valence electrons. The zero-order valence-electron chi connectivity index (χ0n) is 12.1. The molecular formula is C16H17NO4S. The molecule has 0 unspecified atom stereocenters. The molecule has 1 aromatic carbocycles. The summed E-state index contributed by atoms with van der Waals surface area (Å²) >= 11 is 1.62. The molecule has 22 heavy (non-hydrogen) atoms. The minimum absolute atomic E-state index is 0.336. The smallest absolute Gasteiger partial charge is 0.326 e. The molecule has 0 fully saturated rings. The van der Waals surface area contributed by atoms with Crippen molar-refractivity contribution in [1.82, 2.24) is 5.32 Å². The molecule has 2 N–H and O–H groups in total. The van der Waals surface area contributed by atoms with E-state index in [1.165, 1.54) is 0 Å². The highest BCUT2D eigenvalue weighted by molar-refractivity contribution is 7.09. The fraction of sp³-hybridized carbons (Fsp3) is 0.250. The van der Waals surface area contributed by atoms with E-state index in [1.54, 1.807) is 42.5 Å². The molecule has 0 aliphatic rings. The first-order chi connectivity index (χ1) is 10.6. The van der Waals surface area contributed by atoms with E-state index in [2.05, 4.69) is 5.32 Å². The lowest BCUT2D eigenvalue weighted by Gasteiger charge is -2.12. The first kappa shape index (κ1) is 16.0. The van der Waals surface area contributed by atoms with Gasteiger partial charge in [-0.15, -0.1) is 11.3 Å². The predicted octanol–water partition coefficient (Wildman–Crippen LogP) is 2.92. The number of carboxylic acids is 1. The molecule has 6 heteroatoms. The van der Waals surface area contributed by atoms with Crippen molar-refractivity contribution in [2.75, 3.05) is 0 Å². The summed E-state index contributed by atoms with van der Waals surface area (Å²) in [5.74, 6) is -0.777.